The Morgan fingerprint density at radius 1 is 1.43 bits per heavy atom. The van der Waals surface area contributed by atoms with Gasteiger partial charge in [0.15, 0.2) is 9.84 Å². The van der Waals surface area contributed by atoms with Gasteiger partial charge in [0.2, 0.25) is 0 Å². The van der Waals surface area contributed by atoms with E-state index in [1.54, 1.807) is 6.92 Å². The van der Waals surface area contributed by atoms with Crippen LogP contribution in [0.25, 0.3) is 0 Å². The van der Waals surface area contributed by atoms with Crippen molar-refractivity contribution in [3.8, 4) is 0 Å². The smallest absolute Gasteiger partial charge is 0.343 e. The summed E-state index contributed by atoms with van der Waals surface area (Å²) in [5.74, 6) is -1.42. The second-order valence-electron chi connectivity index (χ2n) is 4.29. The van der Waals surface area contributed by atoms with E-state index in [1.807, 2.05) is 0 Å². The van der Waals surface area contributed by atoms with Crippen molar-refractivity contribution in [2.24, 2.45) is 0 Å². The minimum absolute atomic E-state index is 0.0336. The third-order valence-corrected chi connectivity index (χ3v) is 4.59. The number of rotatable bonds is 8. The van der Waals surface area contributed by atoms with Crippen LogP contribution in [0.5, 0.6) is 0 Å². The molecule has 2 N–H and O–H groups in total. The van der Waals surface area contributed by atoms with Crippen molar-refractivity contribution >= 4 is 21.5 Å². The van der Waals surface area contributed by atoms with Crippen LogP contribution in [0.4, 0.5) is 5.69 Å². The number of nitro benzene ring substituents is 1. The maximum absolute atomic E-state index is 11.3. The molecule has 1 aromatic carbocycles. The first kappa shape index (κ1) is 17.1. The highest BCUT2D eigenvalue weighted by molar-refractivity contribution is 7.91. The van der Waals surface area contributed by atoms with E-state index in [0.29, 0.717) is 0 Å². The van der Waals surface area contributed by atoms with Gasteiger partial charge >= 0.3 is 5.97 Å². The Hall–Kier alpha value is -2.00. The van der Waals surface area contributed by atoms with Crippen molar-refractivity contribution in [1.29, 1.82) is 0 Å². The van der Waals surface area contributed by atoms with E-state index in [-0.39, 0.29) is 35.7 Å². The van der Waals surface area contributed by atoms with Gasteiger partial charge in [0.1, 0.15) is 5.56 Å². The molecular weight excluding hydrogens is 300 g/mol. The highest BCUT2D eigenvalue weighted by Gasteiger charge is 2.23. The van der Waals surface area contributed by atoms with Crippen LogP contribution < -0.4 is 5.32 Å². The average Bonchev–Trinajstić information content (AvgIpc) is 2.43. The number of carbonyl (C=O) groups is 1. The van der Waals surface area contributed by atoms with E-state index in [1.165, 1.54) is 12.1 Å². The Balaban J connectivity index is 2.82. The minimum Gasteiger partial charge on any atom is -0.477 e. The van der Waals surface area contributed by atoms with Gasteiger partial charge in [0, 0.05) is 24.9 Å². The first-order valence-electron chi connectivity index (χ1n) is 6.19. The molecule has 0 atom stereocenters. The molecule has 9 heteroatoms. The predicted octanol–water partition coefficient (Wildman–Crippen LogP) is 0.817. The lowest BCUT2D eigenvalue weighted by molar-refractivity contribution is -0.385. The number of carboxylic acid groups (broad SMARTS) is 1. The normalized spacial score (nSPS) is 11.3. The van der Waals surface area contributed by atoms with E-state index in [9.17, 15) is 23.3 Å². The largest absolute Gasteiger partial charge is 0.477 e. The Bertz CT molecular complexity index is 641. The number of carboxylic acids is 1. The fraction of sp³-hybridized carbons (Fsp3) is 0.417. The van der Waals surface area contributed by atoms with Gasteiger partial charge in [-0.05, 0) is 5.56 Å². The fourth-order valence-corrected chi connectivity index (χ4v) is 2.47. The molecule has 0 aliphatic heterocycles. The molecule has 0 fully saturated rings. The zero-order valence-corrected chi connectivity index (χ0v) is 12.2. The Kier molecular flexibility index (Phi) is 5.79. The Morgan fingerprint density at radius 3 is 2.62 bits per heavy atom. The van der Waals surface area contributed by atoms with Crippen molar-refractivity contribution in [3.05, 3.63) is 39.4 Å². The monoisotopic (exact) mass is 316 g/mol. The van der Waals surface area contributed by atoms with E-state index in [0.717, 1.165) is 6.07 Å². The van der Waals surface area contributed by atoms with Gasteiger partial charge < -0.3 is 10.4 Å². The summed E-state index contributed by atoms with van der Waals surface area (Å²) >= 11 is 0. The van der Waals surface area contributed by atoms with Crippen molar-refractivity contribution in [3.63, 3.8) is 0 Å². The molecule has 0 aliphatic rings. The van der Waals surface area contributed by atoms with E-state index < -0.39 is 26.4 Å². The lowest BCUT2D eigenvalue weighted by Crippen LogP contribution is -2.24. The summed E-state index contributed by atoms with van der Waals surface area (Å²) in [6.45, 7) is 1.74. The second-order valence-corrected chi connectivity index (χ2v) is 6.76. The number of hydrogen-bond acceptors (Lipinski definition) is 6. The van der Waals surface area contributed by atoms with Gasteiger partial charge in [0.25, 0.3) is 5.69 Å². The molecule has 21 heavy (non-hydrogen) atoms. The van der Waals surface area contributed by atoms with Crippen LogP contribution >= 0.6 is 0 Å². The highest BCUT2D eigenvalue weighted by Crippen LogP contribution is 2.22. The summed E-state index contributed by atoms with van der Waals surface area (Å²) < 4.78 is 22.6. The zero-order valence-electron chi connectivity index (χ0n) is 11.4. The molecule has 0 spiro atoms. The van der Waals surface area contributed by atoms with Crippen LogP contribution in [0.15, 0.2) is 18.2 Å². The second kappa shape index (κ2) is 7.14. The molecule has 0 bridgehead atoms. The van der Waals surface area contributed by atoms with Gasteiger partial charge in [-0.1, -0.05) is 19.1 Å². The number of aromatic carboxylic acids is 1. The predicted molar refractivity (Wildman–Crippen MR) is 76.1 cm³/mol. The van der Waals surface area contributed by atoms with Crippen LogP contribution in [-0.4, -0.2) is 42.5 Å². The standard InChI is InChI=1S/C12H16N2O6S/c1-2-21(19,20)7-6-13-8-9-4-3-5-10(14(17)18)11(9)12(15)16/h3-5,13H,2,6-8H2,1H3,(H,15,16). The summed E-state index contributed by atoms with van der Waals surface area (Å²) in [4.78, 5) is 21.2. The highest BCUT2D eigenvalue weighted by atomic mass is 32.2. The molecule has 1 rings (SSSR count). The van der Waals surface area contributed by atoms with Gasteiger partial charge in [-0.25, -0.2) is 13.2 Å². The first-order valence-corrected chi connectivity index (χ1v) is 8.01. The third-order valence-electron chi connectivity index (χ3n) is 2.88. The Labute approximate surface area is 121 Å². The topological polar surface area (TPSA) is 127 Å². The Morgan fingerprint density at radius 2 is 2.10 bits per heavy atom. The molecule has 1 aromatic rings. The average molecular weight is 316 g/mol. The molecule has 0 unspecified atom stereocenters. The minimum atomic E-state index is -3.11. The number of sulfone groups is 1. The summed E-state index contributed by atoms with van der Waals surface area (Å²) in [5, 5.41) is 22.7. The van der Waals surface area contributed by atoms with Crippen LogP contribution in [0, 0.1) is 10.1 Å². The maximum Gasteiger partial charge on any atom is 0.343 e. The molecule has 0 heterocycles. The summed E-state index contributed by atoms with van der Waals surface area (Å²) in [5.41, 5.74) is -0.623. The molecule has 0 aliphatic carbocycles. The van der Waals surface area contributed by atoms with E-state index >= 15 is 0 Å². The van der Waals surface area contributed by atoms with Crippen molar-refractivity contribution in [2.45, 2.75) is 13.5 Å². The van der Waals surface area contributed by atoms with Gasteiger partial charge in [-0.15, -0.1) is 0 Å². The van der Waals surface area contributed by atoms with Crippen LogP contribution in [0.3, 0.4) is 0 Å². The van der Waals surface area contributed by atoms with Crippen molar-refractivity contribution in [2.75, 3.05) is 18.1 Å². The van der Waals surface area contributed by atoms with Crippen LogP contribution in [0.2, 0.25) is 0 Å². The molecule has 0 amide bonds. The molecule has 116 valence electrons. The summed E-state index contributed by atoms with van der Waals surface area (Å²) in [6.07, 6.45) is 0. The maximum atomic E-state index is 11.3. The van der Waals surface area contributed by atoms with Gasteiger partial charge in [-0.2, -0.15) is 0 Å². The lowest BCUT2D eigenvalue weighted by Gasteiger charge is -2.08. The molecule has 8 nitrogen and oxygen atoms in total. The molecular formula is C12H16N2O6S. The van der Waals surface area contributed by atoms with Crippen LogP contribution in [0.1, 0.15) is 22.8 Å². The number of nitrogens with one attached hydrogen (secondary N) is 1. The third kappa shape index (κ3) is 4.80. The van der Waals surface area contributed by atoms with Gasteiger partial charge in [0.05, 0.1) is 10.7 Å². The zero-order chi connectivity index (χ0) is 16.0. The van der Waals surface area contributed by atoms with Crippen molar-refractivity contribution in [1.82, 2.24) is 5.32 Å². The first-order chi connectivity index (χ1) is 9.78. The SMILES string of the molecule is CCS(=O)(=O)CCNCc1cccc([N+](=O)[O-])c1C(=O)O. The van der Waals surface area contributed by atoms with E-state index in [4.69, 9.17) is 5.11 Å². The number of nitro groups is 1. The quantitative estimate of drug-likeness (QED) is 0.413. The van der Waals surface area contributed by atoms with Crippen molar-refractivity contribution < 1.29 is 23.2 Å². The fourth-order valence-electron chi connectivity index (χ4n) is 1.73. The van der Waals surface area contributed by atoms with Crippen LogP contribution in [-0.2, 0) is 16.4 Å². The summed E-state index contributed by atoms with van der Waals surface area (Å²) in [6, 6.07) is 3.97. The molecule has 0 radical (unpaired) electrons. The molecule has 0 saturated heterocycles. The number of nitrogens with zero attached hydrogens (tertiary/aromatic N) is 1. The lowest BCUT2D eigenvalue weighted by atomic mass is 10.1. The molecule has 0 aromatic heterocycles. The summed E-state index contributed by atoms with van der Waals surface area (Å²) in [7, 11) is -3.11. The van der Waals surface area contributed by atoms with E-state index in [2.05, 4.69) is 5.32 Å². The molecule has 0 saturated carbocycles. The van der Waals surface area contributed by atoms with Gasteiger partial charge in [-0.3, -0.25) is 10.1 Å². The number of benzene rings is 1. The number of hydrogen-bond donors (Lipinski definition) is 2.